The van der Waals surface area contributed by atoms with Crippen LogP contribution in [0.3, 0.4) is 0 Å². The van der Waals surface area contributed by atoms with Crippen molar-refractivity contribution in [3.8, 4) is 0 Å². The zero-order chi connectivity index (χ0) is 10.9. The van der Waals surface area contributed by atoms with Gasteiger partial charge in [0.2, 0.25) is 0 Å². The first-order valence-electron chi connectivity index (χ1n) is 5.93. The van der Waals surface area contributed by atoms with Crippen molar-refractivity contribution < 1.29 is 0 Å². The van der Waals surface area contributed by atoms with Crippen molar-refractivity contribution in [2.75, 3.05) is 0 Å². The molecule has 0 spiro atoms. The molecule has 1 heteroatoms. The fourth-order valence-corrected chi connectivity index (χ4v) is 9.34. The zero-order valence-electron chi connectivity index (χ0n) is 10.1. The molecular formula is C14H22Te. The Morgan fingerprint density at radius 1 is 0.933 bits per heavy atom. The van der Waals surface area contributed by atoms with Gasteiger partial charge in [0.05, 0.1) is 0 Å². The standard InChI is InChI=1S/C14H22Te/c1-14(2,3)12-6-8-13(9-7-12)15-10-4-5-11-15/h6-9,15H,4-5,10-11H2,1-3H3. The SMILES string of the molecule is CC(C)(C)c1ccc([TeH]2CCCC2)cc1. The van der Waals surface area contributed by atoms with Gasteiger partial charge in [0.15, 0.2) is 0 Å². The molecule has 0 unspecified atom stereocenters. The second kappa shape index (κ2) is 4.48. The van der Waals surface area contributed by atoms with Gasteiger partial charge in [-0.2, -0.15) is 0 Å². The molecule has 0 aromatic heterocycles. The van der Waals surface area contributed by atoms with Gasteiger partial charge < -0.3 is 0 Å². The summed E-state index contributed by atoms with van der Waals surface area (Å²) in [5.74, 6) is 0. The van der Waals surface area contributed by atoms with E-state index in [1.54, 1.807) is 12.5 Å². The van der Waals surface area contributed by atoms with Crippen LogP contribution in [0.25, 0.3) is 0 Å². The third-order valence-electron chi connectivity index (χ3n) is 3.20. The Bertz CT molecular complexity index is 312. The van der Waals surface area contributed by atoms with Gasteiger partial charge in [0, 0.05) is 0 Å². The quantitative estimate of drug-likeness (QED) is 0.698. The molecule has 0 atom stereocenters. The zero-order valence-corrected chi connectivity index (χ0v) is 12.6. The Morgan fingerprint density at radius 3 is 1.93 bits per heavy atom. The van der Waals surface area contributed by atoms with E-state index in [2.05, 4.69) is 45.0 Å². The number of hydrogen-bond acceptors (Lipinski definition) is 0. The predicted molar refractivity (Wildman–Crippen MR) is 70.8 cm³/mol. The van der Waals surface area contributed by atoms with E-state index in [-0.39, 0.29) is 0 Å². The van der Waals surface area contributed by atoms with Crippen LogP contribution in [0.4, 0.5) is 0 Å². The molecule has 1 aromatic rings. The van der Waals surface area contributed by atoms with Gasteiger partial charge in [-0.25, -0.2) is 0 Å². The first-order valence-corrected chi connectivity index (χ1v) is 10.8. The normalized spacial score (nSPS) is 19.5. The fraction of sp³-hybridized carbons (Fsp3) is 0.571. The van der Waals surface area contributed by atoms with E-state index in [0.29, 0.717) is 5.41 Å². The molecule has 15 heavy (non-hydrogen) atoms. The van der Waals surface area contributed by atoms with Crippen LogP contribution in [-0.4, -0.2) is 19.6 Å². The topological polar surface area (TPSA) is 0 Å². The second-order valence-electron chi connectivity index (χ2n) is 5.49. The van der Waals surface area contributed by atoms with Crippen molar-refractivity contribution >= 4 is 23.2 Å². The summed E-state index contributed by atoms with van der Waals surface area (Å²) in [4.78, 5) is 0. The summed E-state index contributed by atoms with van der Waals surface area (Å²) in [7, 11) is 0. The Balaban J connectivity index is 2.16. The molecule has 0 radical (unpaired) electrons. The number of benzene rings is 1. The molecule has 2 rings (SSSR count). The first kappa shape index (κ1) is 11.5. The summed E-state index contributed by atoms with van der Waals surface area (Å²) in [6.45, 7) is 6.87. The van der Waals surface area contributed by atoms with E-state index in [1.807, 2.05) is 0 Å². The van der Waals surface area contributed by atoms with Crippen molar-refractivity contribution in [3.05, 3.63) is 29.8 Å². The van der Waals surface area contributed by atoms with E-state index >= 15 is 0 Å². The second-order valence-corrected chi connectivity index (χ2v) is 12.6. The third-order valence-corrected chi connectivity index (χ3v) is 11.0. The molecule has 0 N–H and O–H groups in total. The minimum absolute atomic E-state index is 0.306. The molecule has 1 fully saturated rings. The summed E-state index contributed by atoms with van der Waals surface area (Å²) >= 11 is -0.949. The molecule has 1 aromatic carbocycles. The molecule has 0 saturated carbocycles. The average Bonchev–Trinajstić information content (AvgIpc) is 2.69. The average molecular weight is 318 g/mol. The van der Waals surface area contributed by atoms with E-state index in [0.717, 1.165) is 0 Å². The van der Waals surface area contributed by atoms with Crippen molar-refractivity contribution in [2.45, 2.75) is 48.0 Å². The molecule has 1 heterocycles. The maximum atomic E-state index is 2.43. The van der Waals surface area contributed by atoms with Crippen molar-refractivity contribution in [3.63, 3.8) is 0 Å². The van der Waals surface area contributed by atoms with Crippen LogP contribution in [-0.2, 0) is 5.41 Å². The van der Waals surface area contributed by atoms with Crippen molar-refractivity contribution in [1.82, 2.24) is 0 Å². The van der Waals surface area contributed by atoms with E-state index in [9.17, 15) is 0 Å². The van der Waals surface area contributed by atoms with E-state index in [4.69, 9.17) is 0 Å². The van der Waals surface area contributed by atoms with Gasteiger partial charge in [-0.3, -0.25) is 0 Å². The number of rotatable bonds is 1. The molecule has 1 aliphatic rings. The molecule has 0 nitrogen and oxygen atoms in total. The molecule has 1 saturated heterocycles. The van der Waals surface area contributed by atoms with Gasteiger partial charge in [0.25, 0.3) is 0 Å². The molecular weight excluding hydrogens is 296 g/mol. The van der Waals surface area contributed by atoms with Crippen LogP contribution in [0, 0.1) is 0 Å². The van der Waals surface area contributed by atoms with Gasteiger partial charge in [-0.05, 0) is 0 Å². The third kappa shape index (κ3) is 2.77. The Hall–Kier alpha value is 0.00961. The van der Waals surface area contributed by atoms with Crippen LogP contribution in [0.2, 0.25) is 8.94 Å². The van der Waals surface area contributed by atoms with Crippen LogP contribution in [0.5, 0.6) is 0 Å². The van der Waals surface area contributed by atoms with E-state index < -0.39 is 19.6 Å². The predicted octanol–water partition coefficient (Wildman–Crippen LogP) is 3.21. The first-order chi connectivity index (χ1) is 7.07. The molecule has 0 bridgehead atoms. The van der Waals surface area contributed by atoms with E-state index in [1.165, 1.54) is 18.4 Å². The Labute approximate surface area is 101 Å². The monoisotopic (exact) mass is 320 g/mol. The van der Waals surface area contributed by atoms with Gasteiger partial charge in [0.1, 0.15) is 0 Å². The van der Waals surface area contributed by atoms with Gasteiger partial charge in [-0.15, -0.1) is 0 Å². The van der Waals surface area contributed by atoms with Crippen LogP contribution in [0.1, 0.15) is 39.2 Å². The van der Waals surface area contributed by atoms with Crippen molar-refractivity contribution in [1.29, 1.82) is 0 Å². The Morgan fingerprint density at radius 2 is 1.47 bits per heavy atom. The summed E-state index contributed by atoms with van der Waals surface area (Å²) in [5, 5.41) is 0. The molecule has 1 aliphatic heterocycles. The van der Waals surface area contributed by atoms with Gasteiger partial charge >= 0.3 is 101 Å². The van der Waals surface area contributed by atoms with Crippen LogP contribution >= 0.6 is 0 Å². The summed E-state index contributed by atoms with van der Waals surface area (Å²) in [6.07, 6.45) is 3.01. The van der Waals surface area contributed by atoms with Gasteiger partial charge in [-0.1, -0.05) is 0 Å². The summed E-state index contributed by atoms with van der Waals surface area (Å²) in [5.41, 5.74) is 1.78. The molecule has 0 amide bonds. The van der Waals surface area contributed by atoms with Crippen molar-refractivity contribution in [2.24, 2.45) is 0 Å². The Kier molecular flexibility index (Phi) is 3.43. The summed E-state index contributed by atoms with van der Waals surface area (Å²) in [6, 6.07) is 9.57. The number of hydrogen-bond donors (Lipinski definition) is 0. The van der Waals surface area contributed by atoms with Crippen LogP contribution in [0.15, 0.2) is 24.3 Å². The molecule has 84 valence electrons. The fourth-order valence-electron chi connectivity index (χ4n) is 2.15. The van der Waals surface area contributed by atoms with Crippen LogP contribution < -0.4 is 3.61 Å². The molecule has 0 aliphatic carbocycles. The maximum absolute atomic E-state index is 2.43. The summed E-state index contributed by atoms with van der Waals surface area (Å²) < 4.78 is 4.90. The minimum atomic E-state index is -0.949.